The molecule has 29 heavy (non-hydrogen) atoms. The molecule has 1 saturated heterocycles. The first kappa shape index (κ1) is 20.1. The third-order valence-corrected chi connectivity index (χ3v) is 6.53. The number of piperidine rings is 1. The van der Waals surface area contributed by atoms with Crippen LogP contribution in [0.2, 0.25) is 0 Å². The van der Waals surface area contributed by atoms with E-state index in [1.807, 2.05) is 55.6 Å². The quantitative estimate of drug-likeness (QED) is 0.588. The standard InChI is InChI=1S/C23H28N2O3S/c1-3-27-19-8-6-18(7-9-19)23-24-20(16(2)28-23)15-25-12-10-17(11-13-25)22(26)21-5-4-14-29-21/h4-9,14,17,22,26H,3,10-13,15H2,1-2H3/t22-/m0/s1. The maximum absolute atomic E-state index is 10.6. The minimum atomic E-state index is -0.336. The van der Waals surface area contributed by atoms with E-state index in [0.29, 0.717) is 18.4 Å². The van der Waals surface area contributed by atoms with Gasteiger partial charge in [-0.2, -0.15) is 0 Å². The fourth-order valence-electron chi connectivity index (χ4n) is 3.89. The van der Waals surface area contributed by atoms with Crippen molar-refractivity contribution in [3.05, 3.63) is 58.1 Å². The van der Waals surface area contributed by atoms with Gasteiger partial charge in [-0.1, -0.05) is 6.07 Å². The number of aliphatic hydroxyl groups excluding tert-OH is 1. The molecule has 1 fully saturated rings. The summed E-state index contributed by atoms with van der Waals surface area (Å²) in [6.07, 6.45) is 1.67. The number of hydrogen-bond donors (Lipinski definition) is 1. The van der Waals surface area contributed by atoms with Crippen molar-refractivity contribution in [1.29, 1.82) is 0 Å². The lowest BCUT2D eigenvalue weighted by Gasteiger charge is -2.33. The van der Waals surface area contributed by atoms with E-state index in [2.05, 4.69) is 4.90 Å². The highest BCUT2D eigenvalue weighted by Crippen LogP contribution is 2.33. The van der Waals surface area contributed by atoms with Crippen molar-refractivity contribution in [1.82, 2.24) is 9.88 Å². The molecule has 0 saturated carbocycles. The van der Waals surface area contributed by atoms with Gasteiger partial charge in [-0.3, -0.25) is 4.90 Å². The number of thiophene rings is 1. The Labute approximate surface area is 176 Å². The highest BCUT2D eigenvalue weighted by Gasteiger charge is 2.27. The molecule has 0 amide bonds. The summed E-state index contributed by atoms with van der Waals surface area (Å²) in [5, 5.41) is 12.6. The van der Waals surface area contributed by atoms with E-state index in [1.165, 1.54) is 0 Å². The molecule has 2 aromatic heterocycles. The first-order valence-electron chi connectivity index (χ1n) is 10.3. The van der Waals surface area contributed by atoms with Crippen LogP contribution in [0.5, 0.6) is 5.75 Å². The SMILES string of the molecule is CCOc1ccc(-c2nc(CN3CCC([C@H](O)c4cccs4)CC3)c(C)o2)cc1. The van der Waals surface area contributed by atoms with Crippen molar-refractivity contribution in [3.8, 4) is 17.2 Å². The Morgan fingerprint density at radius 3 is 2.66 bits per heavy atom. The van der Waals surface area contributed by atoms with Crippen LogP contribution in [0.3, 0.4) is 0 Å². The molecule has 0 aliphatic carbocycles. The van der Waals surface area contributed by atoms with Gasteiger partial charge >= 0.3 is 0 Å². The van der Waals surface area contributed by atoms with E-state index in [1.54, 1.807) is 11.3 Å². The molecule has 0 bridgehead atoms. The van der Waals surface area contributed by atoms with Crippen molar-refractivity contribution in [3.63, 3.8) is 0 Å². The van der Waals surface area contributed by atoms with Crippen molar-refractivity contribution < 1.29 is 14.3 Å². The first-order chi connectivity index (χ1) is 14.1. The number of rotatable bonds is 7. The molecule has 1 aliphatic heterocycles. The Bertz CT molecular complexity index is 897. The predicted molar refractivity (Wildman–Crippen MR) is 115 cm³/mol. The average Bonchev–Trinajstić information content (AvgIpc) is 3.40. The summed E-state index contributed by atoms with van der Waals surface area (Å²) in [6, 6.07) is 11.9. The Morgan fingerprint density at radius 2 is 2.00 bits per heavy atom. The third kappa shape index (κ3) is 4.71. The summed E-state index contributed by atoms with van der Waals surface area (Å²) in [5.41, 5.74) is 1.95. The number of likely N-dealkylation sites (tertiary alicyclic amines) is 1. The third-order valence-electron chi connectivity index (χ3n) is 5.59. The van der Waals surface area contributed by atoms with Gasteiger partial charge in [0, 0.05) is 17.0 Å². The normalized spacial score (nSPS) is 16.8. The maximum Gasteiger partial charge on any atom is 0.226 e. The molecule has 154 valence electrons. The first-order valence-corrected chi connectivity index (χ1v) is 11.2. The number of benzene rings is 1. The zero-order valence-electron chi connectivity index (χ0n) is 17.0. The van der Waals surface area contributed by atoms with Gasteiger partial charge in [0.25, 0.3) is 0 Å². The minimum absolute atomic E-state index is 0.336. The van der Waals surface area contributed by atoms with Crippen molar-refractivity contribution in [2.45, 2.75) is 39.3 Å². The van der Waals surface area contributed by atoms with Crippen LogP contribution in [0, 0.1) is 12.8 Å². The van der Waals surface area contributed by atoms with Crippen molar-refractivity contribution in [2.24, 2.45) is 5.92 Å². The molecule has 1 aliphatic rings. The lowest BCUT2D eigenvalue weighted by atomic mass is 9.90. The van der Waals surface area contributed by atoms with Crippen LogP contribution in [-0.4, -0.2) is 34.7 Å². The highest BCUT2D eigenvalue weighted by atomic mass is 32.1. The highest BCUT2D eigenvalue weighted by molar-refractivity contribution is 7.10. The van der Waals surface area contributed by atoms with Gasteiger partial charge in [-0.15, -0.1) is 11.3 Å². The number of hydrogen-bond acceptors (Lipinski definition) is 6. The van der Waals surface area contributed by atoms with Crippen LogP contribution in [0.4, 0.5) is 0 Å². The zero-order valence-corrected chi connectivity index (χ0v) is 17.8. The summed E-state index contributed by atoms with van der Waals surface area (Å²) in [6.45, 7) is 7.34. The van der Waals surface area contributed by atoms with E-state index in [-0.39, 0.29) is 6.10 Å². The van der Waals surface area contributed by atoms with Gasteiger partial charge in [0.05, 0.1) is 18.4 Å². The van der Waals surface area contributed by atoms with Crippen LogP contribution in [0.1, 0.15) is 42.2 Å². The van der Waals surface area contributed by atoms with E-state index in [4.69, 9.17) is 14.1 Å². The lowest BCUT2D eigenvalue weighted by Crippen LogP contribution is -2.35. The molecule has 0 radical (unpaired) electrons. The fourth-order valence-corrected chi connectivity index (χ4v) is 4.69. The summed E-state index contributed by atoms with van der Waals surface area (Å²) in [7, 11) is 0. The number of ether oxygens (including phenoxy) is 1. The van der Waals surface area contributed by atoms with Gasteiger partial charge in [0.2, 0.25) is 5.89 Å². The predicted octanol–water partition coefficient (Wildman–Crippen LogP) is 5.06. The Hall–Kier alpha value is -2.15. The maximum atomic E-state index is 10.6. The second-order valence-electron chi connectivity index (χ2n) is 7.55. The summed E-state index contributed by atoms with van der Waals surface area (Å²) >= 11 is 1.64. The molecular weight excluding hydrogens is 384 g/mol. The number of nitrogens with zero attached hydrogens (tertiary/aromatic N) is 2. The Kier molecular flexibility index (Phi) is 6.33. The van der Waals surface area contributed by atoms with E-state index < -0.39 is 0 Å². The molecule has 1 N–H and O–H groups in total. The van der Waals surface area contributed by atoms with Crippen LogP contribution in [0.25, 0.3) is 11.5 Å². The number of aryl methyl sites for hydroxylation is 1. The molecule has 5 nitrogen and oxygen atoms in total. The second-order valence-corrected chi connectivity index (χ2v) is 8.53. The topological polar surface area (TPSA) is 58.7 Å². The zero-order chi connectivity index (χ0) is 20.2. The van der Waals surface area contributed by atoms with Gasteiger partial charge < -0.3 is 14.3 Å². The second kappa shape index (κ2) is 9.11. The minimum Gasteiger partial charge on any atom is -0.494 e. The van der Waals surface area contributed by atoms with Crippen LogP contribution in [0.15, 0.2) is 46.2 Å². The molecule has 0 unspecified atom stereocenters. The van der Waals surface area contributed by atoms with E-state index in [9.17, 15) is 5.11 Å². The van der Waals surface area contributed by atoms with Gasteiger partial charge in [0.15, 0.2) is 0 Å². The molecule has 1 aromatic carbocycles. The van der Waals surface area contributed by atoms with Gasteiger partial charge in [0.1, 0.15) is 11.5 Å². The number of aromatic nitrogens is 1. The Morgan fingerprint density at radius 1 is 1.24 bits per heavy atom. The smallest absolute Gasteiger partial charge is 0.226 e. The largest absolute Gasteiger partial charge is 0.494 e. The molecular formula is C23H28N2O3S. The molecule has 6 heteroatoms. The average molecular weight is 413 g/mol. The molecule has 1 atom stereocenters. The van der Waals surface area contributed by atoms with Gasteiger partial charge in [-0.05, 0) is 81.4 Å². The van der Waals surface area contributed by atoms with Crippen LogP contribution >= 0.6 is 11.3 Å². The van der Waals surface area contributed by atoms with Crippen molar-refractivity contribution in [2.75, 3.05) is 19.7 Å². The molecule has 3 heterocycles. The van der Waals surface area contributed by atoms with E-state index in [0.717, 1.165) is 60.1 Å². The number of aliphatic hydroxyl groups is 1. The summed E-state index contributed by atoms with van der Waals surface area (Å²) in [5.74, 6) is 2.72. The van der Waals surface area contributed by atoms with Gasteiger partial charge in [-0.25, -0.2) is 4.98 Å². The Balaban J connectivity index is 1.36. The van der Waals surface area contributed by atoms with E-state index >= 15 is 0 Å². The van der Waals surface area contributed by atoms with Crippen molar-refractivity contribution >= 4 is 11.3 Å². The lowest BCUT2D eigenvalue weighted by molar-refractivity contribution is 0.0586. The molecule has 3 aromatic rings. The number of oxazole rings is 1. The fraction of sp³-hybridized carbons (Fsp3) is 0.435. The molecule has 0 spiro atoms. The summed E-state index contributed by atoms with van der Waals surface area (Å²) in [4.78, 5) is 8.23. The summed E-state index contributed by atoms with van der Waals surface area (Å²) < 4.78 is 11.4. The monoisotopic (exact) mass is 412 g/mol. The van der Waals surface area contributed by atoms with Crippen LogP contribution < -0.4 is 4.74 Å². The van der Waals surface area contributed by atoms with Crippen LogP contribution in [-0.2, 0) is 6.54 Å². The molecule has 4 rings (SSSR count).